The average molecular weight is 492 g/mol. The first-order chi connectivity index (χ1) is 16.0. The molecule has 3 aliphatic rings. The van der Waals surface area contributed by atoms with Crippen LogP contribution >= 0.6 is 11.8 Å². The lowest BCUT2D eigenvalue weighted by molar-refractivity contribution is -0.163. The van der Waals surface area contributed by atoms with Crippen LogP contribution < -0.4 is 10.6 Å². The van der Waals surface area contributed by atoms with Gasteiger partial charge in [-0.25, -0.2) is 9.59 Å². The molecule has 0 saturated carbocycles. The van der Waals surface area contributed by atoms with Gasteiger partial charge in [0, 0.05) is 28.3 Å². The first-order valence-corrected chi connectivity index (χ1v) is 11.6. The van der Waals surface area contributed by atoms with E-state index in [0.717, 1.165) is 0 Å². The quantitative estimate of drug-likeness (QED) is 0.234. The monoisotopic (exact) mass is 491 g/mol. The molecule has 1 aromatic rings. The van der Waals surface area contributed by atoms with E-state index in [9.17, 15) is 34.5 Å². The number of carbonyl (C=O) groups excluding carboxylic acids is 2. The number of carboxylic acid groups (broad SMARTS) is 2. The van der Waals surface area contributed by atoms with Crippen molar-refractivity contribution in [3.8, 4) is 5.75 Å². The number of hydrogen-bond acceptors (Lipinski definition) is 8. The second-order valence-corrected chi connectivity index (χ2v) is 10.1. The molecule has 0 bridgehead atoms. The van der Waals surface area contributed by atoms with Crippen molar-refractivity contribution in [1.29, 1.82) is 0 Å². The van der Waals surface area contributed by atoms with E-state index in [0.29, 0.717) is 17.9 Å². The average Bonchev–Trinajstić information content (AvgIpc) is 3.31. The summed E-state index contributed by atoms with van der Waals surface area (Å²) in [6.45, 7) is 3.80. The number of β-lactam (4-membered cyclic amide) rings is 1. The molecule has 182 valence electrons. The summed E-state index contributed by atoms with van der Waals surface area (Å²) >= 11 is 1.33. The first kappa shape index (κ1) is 24.0. The Kier molecular flexibility index (Phi) is 6.32. The lowest BCUT2D eigenvalue weighted by Crippen LogP contribution is -2.63. The second kappa shape index (κ2) is 8.93. The Morgan fingerprint density at radius 2 is 1.94 bits per heavy atom. The van der Waals surface area contributed by atoms with Crippen molar-refractivity contribution in [2.75, 3.05) is 11.9 Å². The Balaban J connectivity index is 1.44. The van der Waals surface area contributed by atoms with Crippen molar-refractivity contribution in [2.24, 2.45) is 11.8 Å². The van der Waals surface area contributed by atoms with Gasteiger partial charge in [-0.1, -0.05) is 6.92 Å². The summed E-state index contributed by atoms with van der Waals surface area (Å²) in [6.07, 6.45) is -0.486. The van der Waals surface area contributed by atoms with Gasteiger partial charge in [-0.05, 0) is 31.5 Å². The highest BCUT2D eigenvalue weighted by molar-refractivity contribution is 8.03. The van der Waals surface area contributed by atoms with E-state index in [2.05, 4.69) is 10.6 Å². The van der Waals surface area contributed by atoms with Crippen molar-refractivity contribution >= 4 is 41.2 Å². The van der Waals surface area contributed by atoms with Crippen LogP contribution in [0.15, 0.2) is 28.8 Å². The second-order valence-electron chi connectivity index (χ2n) is 8.73. The maximum absolute atomic E-state index is 12.7. The number of aromatic carboxylic acids is 1. The van der Waals surface area contributed by atoms with E-state index in [1.54, 1.807) is 0 Å². The van der Waals surface area contributed by atoms with Crippen LogP contribution in [0.2, 0.25) is 0 Å². The van der Waals surface area contributed by atoms with Crippen LogP contribution in [0.1, 0.15) is 30.6 Å². The standard InChI is InChI=1S/C22H25N3O8S/c1-8-16-15(9(2)26)20(29)25(16)17(22(32)33)18(8)34-11-6-13(23-7-11)19(28)24-10-3-4-14(27)12(5-10)21(30)31/h3-5,8-9,11,13,15-16,23,26-27H,6-7H2,1-2H3,(H,24,28)(H,30,31)(H,32,33)/t8-,9-,11+,13+,15-,16+/m1/s1. The van der Waals surface area contributed by atoms with E-state index >= 15 is 0 Å². The van der Waals surface area contributed by atoms with Gasteiger partial charge in [-0.15, -0.1) is 11.8 Å². The van der Waals surface area contributed by atoms with Gasteiger partial charge in [-0.3, -0.25) is 9.59 Å². The Bertz CT molecular complexity index is 1100. The fraction of sp³-hybridized carbons (Fsp3) is 0.455. The number of aliphatic hydroxyl groups excluding tert-OH is 1. The van der Waals surface area contributed by atoms with Crippen LogP contribution in [0.25, 0.3) is 0 Å². The predicted molar refractivity (Wildman–Crippen MR) is 121 cm³/mol. The molecule has 2 fully saturated rings. The summed E-state index contributed by atoms with van der Waals surface area (Å²) in [7, 11) is 0. The highest BCUT2D eigenvalue weighted by atomic mass is 32.2. The number of hydrogen-bond donors (Lipinski definition) is 6. The molecule has 2 saturated heterocycles. The lowest BCUT2D eigenvalue weighted by atomic mass is 9.79. The molecule has 0 aromatic heterocycles. The van der Waals surface area contributed by atoms with Crippen molar-refractivity contribution in [3.05, 3.63) is 34.4 Å². The molecule has 34 heavy (non-hydrogen) atoms. The van der Waals surface area contributed by atoms with Crippen molar-refractivity contribution in [1.82, 2.24) is 10.2 Å². The minimum atomic E-state index is -1.32. The zero-order valence-electron chi connectivity index (χ0n) is 18.4. The van der Waals surface area contributed by atoms with Crippen molar-refractivity contribution < 1.29 is 39.6 Å². The van der Waals surface area contributed by atoms with Crippen LogP contribution in [-0.2, 0) is 14.4 Å². The van der Waals surface area contributed by atoms with Crippen LogP contribution in [0, 0.1) is 11.8 Å². The van der Waals surface area contributed by atoms with Crippen molar-refractivity contribution in [2.45, 2.75) is 43.7 Å². The molecule has 1 aromatic carbocycles. The number of benzene rings is 1. The van der Waals surface area contributed by atoms with E-state index in [1.807, 2.05) is 6.92 Å². The molecular formula is C22H25N3O8S. The topological polar surface area (TPSA) is 176 Å². The number of rotatable bonds is 7. The van der Waals surface area contributed by atoms with E-state index < -0.39 is 47.7 Å². The van der Waals surface area contributed by atoms with Gasteiger partial charge in [0.15, 0.2) is 0 Å². The van der Waals surface area contributed by atoms with Gasteiger partial charge in [0.2, 0.25) is 11.8 Å². The maximum atomic E-state index is 12.7. The van der Waals surface area contributed by atoms with Crippen LogP contribution in [-0.4, -0.2) is 79.1 Å². The Hall–Kier alpha value is -3.09. The Labute approximate surface area is 198 Å². The fourth-order valence-corrected chi connectivity index (χ4v) is 6.34. The maximum Gasteiger partial charge on any atom is 0.353 e. The molecule has 6 atom stereocenters. The third-order valence-electron chi connectivity index (χ3n) is 6.51. The third kappa shape index (κ3) is 4.01. The minimum absolute atomic E-state index is 0.0532. The minimum Gasteiger partial charge on any atom is -0.507 e. The van der Waals surface area contributed by atoms with Crippen LogP contribution in [0.4, 0.5) is 5.69 Å². The lowest BCUT2D eigenvalue weighted by Gasteiger charge is -2.46. The molecule has 6 N–H and O–H groups in total. The third-order valence-corrected chi connectivity index (χ3v) is 8.02. The van der Waals surface area contributed by atoms with Gasteiger partial charge in [0.05, 0.1) is 24.1 Å². The highest BCUT2D eigenvalue weighted by Crippen LogP contribution is 2.51. The molecule has 4 rings (SSSR count). The predicted octanol–water partition coefficient (Wildman–Crippen LogP) is 0.646. The number of amides is 2. The summed E-state index contributed by atoms with van der Waals surface area (Å²) in [5.74, 6) is -4.60. The highest BCUT2D eigenvalue weighted by Gasteiger charge is 2.60. The molecule has 0 spiro atoms. The van der Waals surface area contributed by atoms with Crippen molar-refractivity contribution in [3.63, 3.8) is 0 Å². The van der Waals surface area contributed by atoms with Gasteiger partial charge >= 0.3 is 11.9 Å². The molecule has 2 amide bonds. The smallest absolute Gasteiger partial charge is 0.353 e. The SMILES string of the molecule is C[C@@H](O)[C@H]1C(=O)N2C(C(=O)O)=C(S[C@@H]3CN[C@H](C(=O)Nc4ccc(O)c(C(=O)O)c4)C3)[C@H](C)[C@@H]12. The summed E-state index contributed by atoms with van der Waals surface area (Å²) in [6, 6.07) is 2.76. The molecular weight excluding hydrogens is 466 g/mol. The molecule has 11 nitrogen and oxygen atoms in total. The number of thioether (sulfide) groups is 1. The number of nitrogens with zero attached hydrogens (tertiary/aromatic N) is 1. The summed E-state index contributed by atoms with van der Waals surface area (Å²) < 4.78 is 0. The number of carbonyl (C=O) groups is 4. The molecule has 0 radical (unpaired) electrons. The van der Waals surface area contributed by atoms with Crippen LogP contribution in [0.3, 0.4) is 0 Å². The van der Waals surface area contributed by atoms with E-state index in [-0.39, 0.29) is 34.0 Å². The number of aromatic hydroxyl groups is 1. The van der Waals surface area contributed by atoms with E-state index in [1.165, 1.54) is 41.8 Å². The fourth-order valence-electron chi connectivity index (χ4n) is 4.87. The van der Waals surface area contributed by atoms with Gasteiger partial charge in [0.25, 0.3) is 0 Å². The Morgan fingerprint density at radius 3 is 2.56 bits per heavy atom. The number of nitrogens with one attached hydrogen (secondary N) is 2. The largest absolute Gasteiger partial charge is 0.507 e. The number of carboxylic acids is 2. The van der Waals surface area contributed by atoms with Gasteiger partial charge < -0.3 is 36.0 Å². The number of phenols is 1. The molecule has 0 aliphatic carbocycles. The molecule has 12 heteroatoms. The normalized spacial score (nSPS) is 29.0. The molecule has 0 unspecified atom stereocenters. The number of fused-ring (bicyclic) bond motifs is 1. The zero-order valence-corrected chi connectivity index (χ0v) is 19.2. The first-order valence-electron chi connectivity index (χ1n) is 10.8. The summed E-state index contributed by atoms with van der Waals surface area (Å²) in [4.78, 5) is 50.1. The van der Waals surface area contributed by atoms with E-state index in [4.69, 9.17) is 5.11 Å². The molecule has 3 aliphatic heterocycles. The zero-order chi connectivity index (χ0) is 24.9. The number of aliphatic hydroxyl groups is 1. The number of aliphatic carboxylic acids is 1. The summed E-state index contributed by atoms with van der Waals surface area (Å²) in [5.41, 5.74) is -0.156. The number of anilines is 1. The Morgan fingerprint density at radius 1 is 1.24 bits per heavy atom. The summed E-state index contributed by atoms with van der Waals surface area (Å²) in [5, 5.41) is 44.1. The molecule has 3 heterocycles. The van der Waals surface area contributed by atoms with Gasteiger partial charge in [-0.2, -0.15) is 0 Å². The van der Waals surface area contributed by atoms with Gasteiger partial charge in [0.1, 0.15) is 17.0 Å². The van der Waals surface area contributed by atoms with Crippen LogP contribution in [0.5, 0.6) is 5.75 Å².